The van der Waals surface area contributed by atoms with Crippen LogP contribution in [-0.4, -0.2) is 61.0 Å². The molecule has 0 saturated carbocycles. The molecule has 6 aromatic rings. The number of hydrogen-bond acceptors (Lipinski definition) is 7. The van der Waals surface area contributed by atoms with Gasteiger partial charge in [0.25, 0.3) is 0 Å². The van der Waals surface area contributed by atoms with Crippen molar-refractivity contribution < 1.29 is 4.74 Å². The molecule has 1 aliphatic rings. The van der Waals surface area contributed by atoms with Crippen molar-refractivity contribution in [1.82, 2.24) is 34.8 Å². The maximum atomic E-state index is 6.16. The minimum atomic E-state index is 0.185. The first-order valence-electron chi connectivity index (χ1n) is 12.5. The molecule has 2 aromatic carbocycles. The van der Waals surface area contributed by atoms with Crippen molar-refractivity contribution in [3.8, 4) is 28.4 Å². The maximum absolute atomic E-state index is 6.16. The molecule has 8 nitrogen and oxygen atoms in total. The predicted molar refractivity (Wildman–Crippen MR) is 144 cm³/mol. The summed E-state index contributed by atoms with van der Waals surface area (Å²) in [6.07, 6.45) is 9.57. The molecule has 0 atom stereocenters. The average molecular weight is 488 g/mol. The molecule has 8 heteroatoms. The zero-order valence-corrected chi connectivity index (χ0v) is 20.4. The van der Waals surface area contributed by atoms with Crippen LogP contribution in [0.3, 0.4) is 0 Å². The summed E-state index contributed by atoms with van der Waals surface area (Å²) in [6.45, 7) is 2.08. The van der Waals surface area contributed by atoms with E-state index in [0.29, 0.717) is 11.7 Å². The summed E-state index contributed by atoms with van der Waals surface area (Å²) < 4.78 is 6.16. The fraction of sp³-hybridized carbons (Fsp3) is 0.207. The highest BCUT2D eigenvalue weighted by Crippen LogP contribution is 2.31. The molecule has 0 amide bonds. The van der Waals surface area contributed by atoms with Crippen LogP contribution in [0.2, 0.25) is 0 Å². The number of nitrogens with one attached hydrogen (secondary N) is 1. The first kappa shape index (κ1) is 21.8. The molecule has 1 fully saturated rings. The monoisotopic (exact) mass is 487 g/mol. The molecule has 1 saturated heterocycles. The quantitative estimate of drug-likeness (QED) is 0.363. The first-order chi connectivity index (χ1) is 18.2. The minimum absolute atomic E-state index is 0.185. The number of piperidine rings is 1. The molecule has 37 heavy (non-hydrogen) atoms. The van der Waals surface area contributed by atoms with E-state index in [2.05, 4.69) is 50.1 Å². The molecular formula is C29H25N7O. The lowest BCUT2D eigenvalue weighted by Crippen LogP contribution is -2.35. The Morgan fingerprint density at radius 2 is 1.73 bits per heavy atom. The van der Waals surface area contributed by atoms with Crippen molar-refractivity contribution in [2.24, 2.45) is 0 Å². The van der Waals surface area contributed by atoms with Crippen molar-refractivity contribution in [2.45, 2.75) is 18.9 Å². The van der Waals surface area contributed by atoms with Gasteiger partial charge < -0.3 is 14.6 Å². The normalized spacial score (nSPS) is 15.1. The van der Waals surface area contributed by atoms with Crippen molar-refractivity contribution in [2.75, 3.05) is 20.1 Å². The minimum Gasteiger partial charge on any atom is -0.473 e. The number of hydrogen-bond donors (Lipinski definition) is 1. The molecule has 1 N–H and O–H groups in total. The summed E-state index contributed by atoms with van der Waals surface area (Å²) in [7, 11) is 2.14. The highest BCUT2D eigenvalue weighted by atomic mass is 16.5. The number of rotatable bonds is 4. The smallest absolute Gasteiger partial charge is 0.233 e. The number of H-pyrrole nitrogens is 1. The molecule has 0 spiro atoms. The van der Waals surface area contributed by atoms with Crippen LogP contribution in [-0.2, 0) is 0 Å². The van der Waals surface area contributed by atoms with Gasteiger partial charge in [-0.1, -0.05) is 12.1 Å². The van der Waals surface area contributed by atoms with Crippen molar-refractivity contribution in [3.05, 3.63) is 73.3 Å². The molecular weight excluding hydrogens is 462 g/mol. The van der Waals surface area contributed by atoms with E-state index in [4.69, 9.17) is 14.7 Å². The molecule has 7 rings (SSSR count). The number of ether oxygens (including phenoxy) is 1. The summed E-state index contributed by atoms with van der Waals surface area (Å²) in [5.41, 5.74) is 6.39. The van der Waals surface area contributed by atoms with Crippen LogP contribution in [0.4, 0.5) is 0 Å². The van der Waals surface area contributed by atoms with Crippen molar-refractivity contribution >= 4 is 33.0 Å². The van der Waals surface area contributed by atoms with E-state index in [1.807, 2.05) is 42.7 Å². The number of fused-ring (bicyclic) bond motifs is 3. The Balaban J connectivity index is 1.20. The van der Waals surface area contributed by atoms with Gasteiger partial charge in [0.05, 0.1) is 22.7 Å². The topological polar surface area (TPSA) is 92.7 Å². The third kappa shape index (κ3) is 4.15. The largest absolute Gasteiger partial charge is 0.473 e. The Hall–Kier alpha value is -4.43. The number of benzene rings is 2. The highest BCUT2D eigenvalue weighted by Gasteiger charge is 2.19. The van der Waals surface area contributed by atoms with Crippen LogP contribution in [0, 0.1) is 0 Å². The predicted octanol–water partition coefficient (Wildman–Crippen LogP) is 5.26. The SMILES string of the molecule is CN1CCC(Oc2cnc3ccc(-c4c[nH]c5nc(-c6ccc7ncccc7c6)ncc45)cc3n2)CC1. The lowest BCUT2D eigenvalue weighted by molar-refractivity contribution is 0.110. The van der Waals surface area contributed by atoms with Crippen LogP contribution in [0.5, 0.6) is 5.88 Å². The number of likely N-dealkylation sites (tertiary alicyclic amines) is 1. The summed E-state index contributed by atoms with van der Waals surface area (Å²) in [6, 6.07) is 16.2. The second-order valence-corrected chi connectivity index (χ2v) is 9.60. The number of pyridine rings is 1. The zero-order valence-electron chi connectivity index (χ0n) is 20.4. The van der Waals surface area contributed by atoms with E-state index in [-0.39, 0.29) is 6.10 Å². The van der Waals surface area contributed by atoms with Crippen molar-refractivity contribution in [1.29, 1.82) is 0 Å². The van der Waals surface area contributed by atoms with Gasteiger partial charge in [-0.2, -0.15) is 0 Å². The fourth-order valence-electron chi connectivity index (χ4n) is 4.99. The van der Waals surface area contributed by atoms with Gasteiger partial charge in [0.15, 0.2) is 5.82 Å². The molecule has 0 radical (unpaired) electrons. The number of nitrogens with zero attached hydrogens (tertiary/aromatic N) is 6. The maximum Gasteiger partial charge on any atom is 0.233 e. The molecule has 0 bridgehead atoms. The fourth-order valence-corrected chi connectivity index (χ4v) is 4.99. The van der Waals surface area contributed by atoms with E-state index in [0.717, 1.165) is 75.6 Å². The number of aromatic amines is 1. The van der Waals surface area contributed by atoms with E-state index < -0.39 is 0 Å². The summed E-state index contributed by atoms with van der Waals surface area (Å²) in [5, 5.41) is 2.02. The van der Waals surface area contributed by atoms with Crippen LogP contribution in [0.1, 0.15) is 12.8 Å². The van der Waals surface area contributed by atoms with Crippen LogP contribution < -0.4 is 4.74 Å². The second-order valence-electron chi connectivity index (χ2n) is 9.60. The molecule has 4 aromatic heterocycles. The van der Waals surface area contributed by atoms with Gasteiger partial charge >= 0.3 is 0 Å². The van der Waals surface area contributed by atoms with Gasteiger partial charge in [-0.05, 0) is 61.9 Å². The third-order valence-electron chi connectivity index (χ3n) is 7.08. The van der Waals surface area contributed by atoms with Crippen LogP contribution in [0.25, 0.3) is 55.5 Å². The average Bonchev–Trinajstić information content (AvgIpc) is 3.37. The van der Waals surface area contributed by atoms with Crippen LogP contribution >= 0.6 is 0 Å². The zero-order chi connectivity index (χ0) is 24.8. The highest BCUT2D eigenvalue weighted by molar-refractivity contribution is 5.96. The summed E-state index contributed by atoms with van der Waals surface area (Å²) >= 11 is 0. The van der Waals surface area contributed by atoms with E-state index in [1.54, 1.807) is 12.4 Å². The molecule has 0 unspecified atom stereocenters. The van der Waals surface area contributed by atoms with Crippen LogP contribution in [0.15, 0.2) is 73.3 Å². The Kier molecular flexibility index (Phi) is 5.25. The van der Waals surface area contributed by atoms with E-state index >= 15 is 0 Å². The van der Waals surface area contributed by atoms with Gasteiger partial charge in [-0.15, -0.1) is 0 Å². The van der Waals surface area contributed by atoms with Crippen molar-refractivity contribution in [3.63, 3.8) is 0 Å². The van der Waals surface area contributed by atoms with E-state index in [9.17, 15) is 0 Å². The summed E-state index contributed by atoms with van der Waals surface area (Å²) in [4.78, 5) is 28.9. The van der Waals surface area contributed by atoms with Gasteiger partial charge in [-0.3, -0.25) is 4.98 Å². The number of aromatic nitrogens is 6. The third-order valence-corrected chi connectivity index (χ3v) is 7.08. The Labute approximate surface area is 213 Å². The van der Waals surface area contributed by atoms with Gasteiger partial charge in [-0.25, -0.2) is 19.9 Å². The lowest BCUT2D eigenvalue weighted by Gasteiger charge is -2.28. The van der Waals surface area contributed by atoms with Gasteiger partial charge in [0.2, 0.25) is 5.88 Å². The Morgan fingerprint density at radius 1 is 0.865 bits per heavy atom. The van der Waals surface area contributed by atoms with Gasteiger partial charge in [0.1, 0.15) is 11.8 Å². The Morgan fingerprint density at radius 3 is 2.65 bits per heavy atom. The molecule has 5 heterocycles. The van der Waals surface area contributed by atoms with Gasteiger partial charge in [0, 0.05) is 53.6 Å². The molecule has 182 valence electrons. The Bertz CT molecular complexity index is 1750. The standard InChI is InChI=1S/C29H25N7O/c1-36-11-8-21(9-12-36)37-27-17-31-25-7-4-18(14-26(25)34-27)22-15-33-29-23(22)16-32-28(35-29)20-5-6-24-19(13-20)3-2-10-30-24/h2-7,10,13-17,21H,8-9,11-12H2,1H3,(H,32,33,35). The second kappa shape index (κ2) is 8.90. The molecule has 1 aliphatic heterocycles. The summed E-state index contributed by atoms with van der Waals surface area (Å²) in [5.74, 6) is 1.25. The van der Waals surface area contributed by atoms with E-state index in [1.165, 1.54) is 0 Å². The molecule has 0 aliphatic carbocycles. The lowest BCUT2D eigenvalue weighted by atomic mass is 10.1. The first-order valence-corrected chi connectivity index (χ1v) is 12.5.